The molecule has 0 saturated carbocycles. The van der Waals surface area contributed by atoms with E-state index in [2.05, 4.69) is 6.92 Å². The van der Waals surface area contributed by atoms with E-state index in [-0.39, 0.29) is 12.1 Å². The molecule has 0 aliphatic carbocycles. The third-order valence-electron chi connectivity index (χ3n) is 2.64. The predicted molar refractivity (Wildman–Crippen MR) is 69.8 cm³/mol. The average molecular weight is 244 g/mol. The van der Waals surface area contributed by atoms with Crippen LogP contribution in [-0.2, 0) is 9.53 Å². The highest BCUT2D eigenvalue weighted by Crippen LogP contribution is 2.10. The van der Waals surface area contributed by atoms with Gasteiger partial charge in [-0.1, -0.05) is 40.0 Å². The Morgan fingerprint density at radius 1 is 1.18 bits per heavy atom. The average Bonchev–Trinajstić information content (AvgIpc) is 2.27. The summed E-state index contributed by atoms with van der Waals surface area (Å²) in [5.74, 6) is 0.248. The summed E-state index contributed by atoms with van der Waals surface area (Å²) in [6, 6.07) is 0. The maximum absolute atomic E-state index is 11.3. The van der Waals surface area contributed by atoms with Gasteiger partial charge in [-0.2, -0.15) is 0 Å². The van der Waals surface area contributed by atoms with Gasteiger partial charge in [0, 0.05) is 6.42 Å². The van der Waals surface area contributed by atoms with E-state index in [9.17, 15) is 9.90 Å². The summed E-state index contributed by atoms with van der Waals surface area (Å²) >= 11 is 0. The largest absolute Gasteiger partial charge is 0.465 e. The van der Waals surface area contributed by atoms with Crippen molar-refractivity contribution in [2.24, 2.45) is 5.92 Å². The van der Waals surface area contributed by atoms with Crippen LogP contribution in [0.1, 0.15) is 65.7 Å². The van der Waals surface area contributed by atoms with E-state index in [1.807, 2.05) is 13.8 Å². The molecule has 0 saturated heterocycles. The molecule has 17 heavy (non-hydrogen) atoms. The van der Waals surface area contributed by atoms with Crippen molar-refractivity contribution in [1.82, 2.24) is 0 Å². The zero-order valence-electron chi connectivity index (χ0n) is 11.6. The van der Waals surface area contributed by atoms with Gasteiger partial charge < -0.3 is 9.84 Å². The highest BCUT2D eigenvalue weighted by Gasteiger charge is 2.07. The first kappa shape index (κ1) is 16.4. The van der Waals surface area contributed by atoms with Crippen LogP contribution in [0.15, 0.2) is 0 Å². The lowest BCUT2D eigenvalue weighted by atomic mass is 10.1. The fourth-order valence-electron chi connectivity index (χ4n) is 1.59. The molecule has 0 bridgehead atoms. The van der Waals surface area contributed by atoms with E-state index < -0.39 is 0 Å². The Bertz CT molecular complexity index is 190. The van der Waals surface area contributed by atoms with Crippen LogP contribution in [0.25, 0.3) is 0 Å². The number of aliphatic hydroxyl groups is 1. The Morgan fingerprint density at radius 3 is 2.41 bits per heavy atom. The van der Waals surface area contributed by atoms with Gasteiger partial charge in [-0.05, 0) is 25.2 Å². The number of unbranched alkanes of at least 4 members (excludes halogenated alkanes) is 2. The fourth-order valence-corrected chi connectivity index (χ4v) is 1.59. The smallest absolute Gasteiger partial charge is 0.305 e. The van der Waals surface area contributed by atoms with Gasteiger partial charge in [-0.25, -0.2) is 0 Å². The van der Waals surface area contributed by atoms with Crippen molar-refractivity contribution in [2.45, 2.75) is 71.8 Å². The SMILES string of the molecule is CCCCCC(O)CCCC(=O)OCC(C)C. The highest BCUT2D eigenvalue weighted by molar-refractivity contribution is 5.69. The number of carbonyl (C=O) groups excluding carboxylic acids is 1. The van der Waals surface area contributed by atoms with Crippen LogP contribution in [-0.4, -0.2) is 23.8 Å². The lowest BCUT2D eigenvalue weighted by molar-refractivity contribution is -0.144. The third-order valence-corrected chi connectivity index (χ3v) is 2.64. The van der Waals surface area contributed by atoms with Gasteiger partial charge in [0.2, 0.25) is 0 Å². The first-order valence-corrected chi connectivity index (χ1v) is 6.90. The van der Waals surface area contributed by atoms with Crippen LogP contribution in [0.5, 0.6) is 0 Å². The second-order valence-electron chi connectivity index (χ2n) is 5.12. The number of rotatable bonds is 10. The molecule has 0 rings (SSSR count). The first-order valence-electron chi connectivity index (χ1n) is 6.90. The monoisotopic (exact) mass is 244 g/mol. The summed E-state index contributed by atoms with van der Waals surface area (Å²) in [5.41, 5.74) is 0. The van der Waals surface area contributed by atoms with Crippen LogP contribution in [0.2, 0.25) is 0 Å². The molecule has 0 radical (unpaired) electrons. The van der Waals surface area contributed by atoms with Gasteiger partial charge in [-0.3, -0.25) is 4.79 Å². The third kappa shape index (κ3) is 11.7. The van der Waals surface area contributed by atoms with E-state index >= 15 is 0 Å². The van der Waals surface area contributed by atoms with Crippen LogP contribution >= 0.6 is 0 Å². The van der Waals surface area contributed by atoms with Crippen LogP contribution in [0.3, 0.4) is 0 Å². The molecule has 0 spiro atoms. The summed E-state index contributed by atoms with van der Waals surface area (Å²) in [6.07, 6.45) is 5.90. The summed E-state index contributed by atoms with van der Waals surface area (Å²) in [5, 5.41) is 9.65. The van der Waals surface area contributed by atoms with Crippen LogP contribution < -0.4 is 0 Å². The molecule has 1 N–H and O–H groups in total. The molecule has 1 atom stereocenters. The van der Waals surface area contributed by atoms with E-state index in [1.54, 1.807) is 0 Å². The molecular formula is C14H28O3. The maximum atomic E-state index is 11.3. The first-order chi connectivity index (χ1) is 8.06. The van der Waals surface area contributed by atoms with E-state index in [0.717, 1.165) is 19.3 Å². The molecule has 3 heteroatoms. The van der Waals surface area contributed by atoms with E-state index in [0.29, 0.717) is 25.4 Å². The van der Waals surface area contributed by atoms with Gasteiger partial charge in [-0.15, -0.1) is 0 Å². The molecule has 0 aromatic heterocycles. The quantitative estimate of drug-likeness (QED) is 0.474. The normalized spacial score (nSPS) is 12.8. The molecular weight excluding hydrogens is 216 g/mol. The molecule has 0 aliphatic heterocycles. The van der Waals surface area contributed by atoms with E-state index in [1.165, 1.54) is 12.8 Å². The lowest BCUT2D eigenvalue weighted by Gasteiger charge is -2.10. The number of hydrogen-bond donors (Lipinski definition) is 1. The maximum Gasteiger partial charge on any atom is 0.305 e. The van der Waals surface area contributed by atoms with Gasteiger partial charge in [0.1, 0.15) is 0 Å². The minimum atomic E-state index is -0.251. The summed E-state index contributed by atoms with van der Waals surface area (Å²) in [4.78, 5) is 11.3. The zero-order chi connectivity index (χ0) is 13.1. The molecule has 3 nitrogen and oxygen atoms in total. The summed E-state index contributed by atoms with van der Waals surface area (Å²) < 4.78 is 5.06. The Hall–Kier alpha value is -0.570. The Balaban J connectivity index is 3.39. The summed E-state index contributed by atoms with van der Waals surface area (Å²) in [6.45, 7) is 6.69. The molecule has 1 unspecified atom stereocenters. The van der Waals surface area contributed by atoms with Crippen molar-refractivity contribution in [3.63, 3.8) is 0 Å². The minimum absolute atomic E-state index is 0.139. The Labute approximate surface area is 106 Å². The van der Waals surface area contributed by atoms with Crippen molar-refractivity contribution in [3.8, 4) is 0 Å². The second-order valence-corrected chi connectivity index (χ2v) is 5.12. The minimum Gasteiger partial charge on any atom is -0.465 e. The number of aliphatic hydroxyl groups excluding tert-OH is 1. The number of ether oxygens (including phenoxy) is 1. The molecule has 0 aromatic rings. The molecule has 0 amide bonds. The van der Waals surface area contributed by atoms with Crippen molar-refractivity contribution in [3.05, 3.63) is 0 Å². The summed E-state index contributed by atoms with van der Waals surface area (Å²) in [7, 11) is 0. The van der Waals surface area contributed by atoms with Gasteiger partial charge in [0.05, 0.1) is 12.7 Å². The molecule has 0 aliphatic rings. The van der Waals surface area contributed by atoms with Crippen LogP contribution in [0, 0.1) is 5.92 Å². The topological polar surface area (TPSA) is 46.5 Å². The number of hydrogen-bond acceptors (Lipinski definition) is 3. The molecule has 102 valence electrons. The Morgan fingerprint density at radius 2 is 1.82 bits per heavy atom. The lowest BCUT2D eigenvalue weighted by Crippen LogP contribution is -2.11. The standard InChI is InChI=1S/C14H28O3/c1-4-5-6-8-13(15)9-7-10-14(16)17-11-12(2)3/h12-13,15H,4-11H2,1-3H3. The highest BCUT2D eigenvalue weighted by atomic mass is 16.5. The number of esters is 1. The van der Waals surface area contributed by atoms with Crippen molar-refractivity contribution < 1.29 is 14.6 Å². The molecule has 0 fully saturated rings. The second kappa shape index (κ2) is 10.6. The van der Waals surface area contributed by atoms with Crippen molar-refractivity contribution in [2.75, 3.05) is 6.61 Å². The van der Waals surface area contributed by atoms with Crippen molar-refractivity contribution in [1.29, 1.82) is 0 Å². The van der Waals surface area contributed by atoms with Crippen LogP contribution in [0.4, 0.5) is 0 Å². The molecule has 0 aromatic carbocycles. The zero-order valence-corrected chi connectivity index (χ0v) is 11.6. The Kier molecular flexibility index (Phi) is 10.2. The fraction of sp³-hybridized carbons (Fsp3) is 0.929. The van der Waals surface area contributed by atoms with Gasteiger partial charge in [0.15, 0.2) is 0 Å². The predicted octanol–water partition coefficient (Wildman–Crippen LogP) is 3.30. The van der Waals surface area contributed by atoms with E-state index in [4.69, 9.17) is 4.74 Å². The van der Waals surface area contributed by atoms with Crippen molar-refractivity contribution >= 4 is 5.97 Å². The van der Waals surface area contributed by atoms with Gasteiger partial charge >= 0.3 is 5.97 Å². The molecule has 0 heterocycles. The number of carbonyl (C=O) groups is 1. The van der Waals surface area contributed by atoms with Gasteiger partial charge in [0.25, 0.3) is 0 Å².